The second kappa shape index (κ2) is 9.49. The summed E-state index contributed by atoms with van der Waals surface area (Å²) in [6.45, 7) is 3.73. The molecule has 3 rings (SSSR count). The molecule has 0 radical (unpaired) electrons. The van der Waals surface area contributed by atoms with Gasteiger partial charge in [0.1, 0.15) is 0 Å². The summed E-state index contributed by atoms with van der Waals surface area (Å²) in [6.07, 6.45) is 1.77. The highest BCUT2D eigenvalue weighted by Crippen LogP contribution is 2.18. The summed E-state index contributed by atoms with van der Waals surface area (Å²) in [7, 11) is 0. The molecule has 1 aromatic heterocycles. The Morgan fingerprint density at radius 3 is 2.48 bits per heavy atom. The summed E-state index contributed by atoms with van der Waals surface area (Å²) in [5.74, 6) is 0.0633. The maximum atomic E-state index is 13.2. The van der Waals surface area contributed by atoms with E-state index >= 15 is 0 Å². The van der Waals surface area contributed by atoms with E-state index in [9.17, 15) is 4.79 Å². The van der Waals surface area contributed by atoms with E-state index in [1.165, 1.54) is 16.0 Å². The first kappa shape index (κ1) is 19.3. The van der Waals surface area contributed by atoms with Gasteiger partial charge in [0.25, 0.3) is 5.91 Å². The minimum absolute atomic E-state index is 0.0633. The lowest BCUT2D eigenvalue weighted by atomic mass is 9.98. The second-order valence-corrected chi connectivity index (χ2v) is 7.77. The Hall–Kier alpha value is -2.43. The molecule has 0 aliphatic carbocycles. The molecule has 2 aromatic carbocycles. The number of thiophene rings is 1. The van der Waals surface area contributed by atoms with Crippen molar-refractivity contribution in [1.29, 1.82) is 0 Å². The molecule has 0 unspecified atom stereocenters. The molecule has 1 heterocycles. The van der Waals surface area contributed by atoms with Gasteiger partial charge in [0, 0.05) is 23.5 Å². The number of carbonyl (C=O) groups excluding carboxylic acids is 1. The summed E-state index contributed by atoms with van der Waals surface area (Å²) < 4.78 is 0. The molecular weight excluding hydrogens is 352 g/mol. The number of hydrogen-bond acceptors (Lipinski definition) is 3. The van der Waals surface area contributed by atoms with E-state index in [2.05, 4.69) is 43.3 Å². The fourth-order valence-corrected chi connectivity index (χ4v) is 3.87. The van der Waals surface area contributed by atoms with Gasteiger partial charge in [0.2, 0.25) is 0 Å². The molecule has 3 nitrogen and oxygen atoms in total. The molecule has 4 heteroatoms. The number of benzene rings is 2. The summed E-state index contributed by atoms with van der Waals surface area (Å²) >= 11 is 1.67. The Morgan fingerprint density at radius 1 is 1.00 bits per heavy atom. The molecule has 0 aliphatic rings. The fourth-order valence-electron chi connectivity index (χ4n) is 3.15. The minimum Gasteiger partial charge on any atom is -0.332 e. The van der Waals surface area contributed by atoms with Crippen LogP contribution in [0.2, 0.25) is 0 Å². The standard InChI is InChI=1S/C23H26N2OS/c1-18-8-10-19(11-9-18)12-13-20-5-2-3-7-22(20)23(26)25(15-14-24)17-21-6-4-16-27-21/h2-11,16H,12-15,17,24H2,1H3. The molecule has 3 aromatic rings. The van der Waals surface area contributed by atoms with E-state index in [-0.39, 0.29) is 5.91 Å². The van der Waals surface area contributed by atoms with E-state index in [1.807, 2.05) is 34.5 Å². The number of nitrogens with two attached hydrogens (primary N) is 1. The topological polar surface area (TPSA) is 46.3 Å². The fraction of sp³-hybridized carbons (Fsp3) is 0.261. The van der Waals surface area contributed by atoms with E-state index in [1.54, 1.807) is 11.3 Å². The van der Waals surface area contributed by atoms with Crippen LogP contribution in [-0.4, -0.2) is 23.9 Å². The third-order valence-corrected chi connectivity index (χ3v) is 5.53. The number of rotatable bonds is 8. The second-order valence-electron chi connectivity index (χ2n) is 6.74. The van der Waals surface area contributed by atoms with Gasteiger partial charge < -0.3 is 10.6 Å². The van der Waals surface area contributed by atoms with Gasteiger partial charge in [0.05, 0.1) is 6.54 Å². The van der Waals surface area contributed by atoms with Crippen molar-refractivity contribution in [3.8, 4) is 0 Å². The minimum atomic E-state index is 0.0633. The molecule has 0 aliphatic heterocycles. The van der Waals surface area contributed by atoms with Crippen LogP contribution in [0.1, 0.15) is 31.9 Å². The van der Waals surface area contributed by atoms with Crippen molar-refractivity contribution in [2.45, 2.75) is 26.3 Å². The number of aryl methyl sites for hydroxylation is 3. The van der Waals surface area contributed by atoms with Crippen molar-refractivity contribution in [1.82, 2.24) is 4.90 Å². The zero-order chi connectivity index (χ0) is 19.1. The molecule has 2 N–H and O–H groups in total. The largest absolute Gasteiger partial charge is 0.332 e. The highest BCUT2D eigenvalue weighted by atomic mass is 32.1. The van der Waals surface area contributed by atoms with Crippen molar-refractivity contribution >= 4 is 17.2 Å². The van der Waals surface area contributed by atoms with Crippen molar-refractivity contribution in [2.75, 3.05) is 13.1 Å². The molecule has 0 saturated carbocycles. The van der Waals surface area contributed by atoms with Gasteiger partial charge in [-0.25, -0.2) is 0 Å². The first-order valence-corrected chi connectivity index (χ1v) is 10.2. The molecule has 0 fully saturated rings. The van der Waals surface area contributed by atoms with Crippen LogP contribution in [0.5, 0.6) is 0 Å². The van der Waals surface area contributed by atoms with Crippen molar-refractivity contribution in [3.63, 3.8) is 0 Å². The highest BCUT2D eigenvalue weighted by molar-refractivity contribution is 7.09. The number of nitrogens with zero attached hydrogens (tertiary/aromatic N) is 1. The molecule has 0 spiro atoms. The monoisotopic (exact) mass is 378 g/mol. The third-order valence-electron chi connectivity index (χ3n) is 4.66. The van der Waals surface area contributed by atoms with Crippen LogP contribution < -0.4 is 5.73 Å². The van der Waals surface area contributed by atoms with E-state index in [0.29, 0.717) is 19.6 Å². The van der Waals surface area contributed by atoms with Gasteiger partial charge >= 0.3 is 0 Å². The van der Waals surface area contributed by atoms with Gasteiger partial charge in [-0.15, -0.1) is 11.3 Å². The lowest BCUT2D eigenvalue weighted by Gasteiger charge is -2.23. The summed E-state index contributed by atoms with van der Waals surface area (Å²) in [4.78, 5) is 16.2. The quantitative estimate of drug-likeness (QED) is 0.630. The lowest BCUT2D eigenvalue weighted by Crippen LogP contribution is -2.35. The molecule has 1 amide bonds. The Balaban J connectivity index is 1.76. The van der Waals surface area contributed by atoms with Gasteiger partial charge in [0.15, 0.2) is 0 Å². The predicted octanol–water partition coefficient (Wildman–Crippen LogP) is 4.44. The maximum Gasteiger partial charge on any atom is 0.254 e. The first-order chi connectivity index (χ1) is 13.2. The Bertz CT molecular complexity index is 856. The molecule has 0 saturated heterocycles. The average molecular weight is 379 g/mol. The van der Waals surface area contributed by atoms with Gasteiger partial charge in [-0.05, 0) is 48.4 Å². The first-order valence-electron chi connectivity index (χ1n) is 9.32. The Labute approximate surface area is 165 Å². The number of carbonyl (C=O) groups is 1. The molecule has 27 heavy (non-hydrogen) atoms. The van der Waals surface area contributed by atoms with Crippen LogP contribution in [-0.2, 0) is 19.4 Å². The van der Waals surface area contributed by atoms with Crippen molar-refractivity contribution in [3.05, 3.63) is 93.2 Å². The van der Waals surface area contributed by atoms with Gasteiger partial charge in [-0.2, -0.15) is 0 Å². The van der Waals surface area contributed by atoms with E-state index < -0.39 is 0 Å². The van der Waals surface area contributed by atoms with Crippen LogP contribution in [0, 0.1) is 6.92 Å². The normalized spacial score (nSPS) is 10.7. The predicted molar refractivity (Wildman–Crippen MR) is 113 cm³/mol. The van der Waals surface area contributed by atoms with E-state index in [4.69, 9.17) is 5.73 Å². The zero-order valence-corrected chi connectivity index (χ0v) is 16.5. The zero-order valence-electron chi connectivity index (χ0n) is 15.7. The van der Waals surface area contributed by atoms with Crippen LogP contribution in [0.3, 0.4) is 0 Å². The van der Waals surface area contributed by atoms with Crippen molar-refractivity contribution < 1.29 is 4.79 Å². The maximum absolute atomic E-state index is 13.2. The van der Waals surface area contributed by atoms with Crippen LogP contribution in [0.4, 0.5) is 0 Å². The third kappa shape index (κ3) is 5.28. The Kier molecular flexibility index (Phi) is 6.80. The number of amides is 1. The summed E-state index contributed by atoms with van der Waals surface area (Å²) in [6, 6.07) is 20.6. The van der Waals surface area contributed by atoms with E-state index in [0.717, 1.165) is 24.0 Å². The van der Waals surface area contributed by atoms with Gasteiger partial charge in [-0.1, -0.05) is 54.1 Å². The highest BCUT2D eigenvalue weighted by Gasteiger charge is 2.18. The smallest absolute Gasteiger partial charge is 0.254 e. The van der Waals surface area contributed by atoms with Gasteiger partial charge in [-0.3, -0.25) is 4.79 Å². The molecule has 0 atom stereocenters. The lowest BCUT2D eigenvalue weighted by molar-refractivity contribution is 0.0748. The van der Waals surface area contributed by atoms with Crippen LogP contribution >= 0.6 is 11.3 Å². The summed E-state index contributed by atoms with van der Waals surface area (Å²) in [5, 5.41) is 2.04. The van der Waals surface area contributed by atoms with Crippen LogP contribution in [0.25, 0.3) is 0 Å². The average Bonchev–Trinajstić information content (AvgIpc) is 3.20. The van der Waals surface area contributed by atoms with Crippen LogP contribution in [0.15, 0.2) is 66.0 Å². The summed E-state index contributed by atoms with van der Waals surface area (Å²) in [5.41, 5.74) is 10.2. The molecular formula is C23H26N2OS. The van der Waals surface area contributed by atoms with Crippen molar-refractivity contribution in [2.24, 2.45) is 5.73 Å². The molecule has 0 bridgehead atoms. The SMILES string of the molecule is Cc1ccc(CCc2ccccc2C(=O)N(CCN)Cc2cccs2)cc1. The Morgan fingerprint density at radius 2 is 1.78 bits per heavy atom. The molecule has 140 valence electrons. The number of hydrogen-bond donors (Lipinski definition) is 1.